The van der Waals surface area contributed by atoms with Gasteiger partial charge in [0.15, 0.2) is 0 Å². The first-order chi connectivity index (χ1) is 8.10. The van der Waals surface area contributed by atoms with Crippen LogP contribution in [0, 0.1) is 0 Å². The van der Waals surface area contributed by atoms with Gasteiger partial charge < -0.3 is 15.3 Å². The molecular weight excluding hydrogens is 216 g/mol. The Kier molecular flexibility index (Phi) is 3.73. The van der Waals surface area contributed by atoms with Crippen molar-refractivity contribution in [2.24, 2.45) is 0 Å². The quantitative estimate of drug-likeness (QED) is 0.725. The lowest BCUT2D eigenvalue weighted by molar-refractivity contribution is -0.135. The molecule has 2 rings (SSSR count). The second kappa shape index (κ2) is 4.94. The molecule has 98 valence electrons. The minimum Gasteiger partial charge on any atom is -0.396 e. The van der Waals surface area contributed by atoms with E-state index in [2.05, 4.69) is 19.2 Å². The first kappa shape index (κ1) is 12.8. The molecule has 2 N–H and O–H groups in total. The van der Waals surface area contributed by atoms with Crippen LogP contribution in [-0.4, -0.2) is 46.7 Å². The molecule has 0 aromatic rings. The van der Waals surface area contributed by atoms with Crippen LogP contribution in [0.3, 0.4) is 0 Å². The molecule has 2 aliphatic rings. The number of rotatable bonds is 6. The fourth-order valence-corrected chi connectivity index (χ4v) is 2.65. The van der Waals surface area contributed by atoms with Gasteiger partial charge in [-0.3, -0.25) is 4.79 Å². The average Bonchev–Trinajstić information content (AvgIpc) is 3.04. The second-order valence-electron chi connectivity index (χ2n) is 5.60. The van der Waals surface area contributed by atoms with Gasteiger partial charge in [0.2, 0.25) is 5.91 Å². The third-order valence-corrected chi connectivity index (χ3v) is 4.28. The summed E-state index contributed by atoms with van der Waals surface area (Å²) in [5, 5.41) is 12.6. The predicted octanol–water partition coefficient (Wildman–Crippen LogP) is 0.890. The van der Waals surface area contributed by atoms with Crippen molar-refractivity contribution in [2.45, 2.75) is 63.6 Å². The zero-order valence-corrected chi connectivity index (χ0v) is 10.9. The Balaban J connectivity index is 1.98. The van der Waals surface area contributed by atoms with Gasteiger partial charge >= 0.3 is 0 Å². The van der Waals surface area contributed by atoms with E-state index in [9.17, 15) is 4.79 Å². The normalized spacial score (nSPS) is 28.5. The van der Waals surface area contributed by atoms with Crippen molar-refractivity contribution >= 4 is 5.91 Å². The van der Waals surface area contributed by atoms with E-state index in [1.165, 1.54) is 12.8 Å². The van der Waals surface area contributed by atoms with E-state index >= 15 is 0 Å². The molecule has 0 aromatic carbocycles. The number of amides is 1. The van der Waals surface area contributed by atoms with Crippen LogP contribution < -0.4 is 5.32 Å². The van der Waals surface area contributed by atoms with Gasteiger partial charge in [-0.15, -0.1) is 0 Å². The Morgan fingerprint density at radius 3 is 2.71 bits per heavy atom. The number of nitrogens with one attached hydrogen (secondary N) is 1. The molecule has 1 aliphatic heterocycles. The molecule has 1 aliphatic carbocycles. The Morgan fingerprint density at radius 1 is 1.47 bits per heavy atom. The molecule has 1 saturated carbocycles. The van der Waals surface area contributed by atoms with E-state index in [1.54, 1.807) is 0 Å². The minimum absolute atomic E-state index is 0.0204. The summed E-state index contributed by atoms with van der Waals surface area (Å²) >= 11 is 0. The summed E-state index contributed by atoms with van der Waals surface area (Å²) in [6.07, 6.45) is 4.91. The average molecular weight is 240 g/mol. The smallest absolute Gasteiger partial charge is 0.240 e. The van der Waals surface area contributed by atoms with Gasteiger partial charge in [0.1, 0.15) is 0 Å². The molecule has 1 amide bonds. The largest absolute Gasteiger partial charge is 0.396 e. The van der Waals surface area contributed by atoms with Crippen molar-refractivity contribution in [2.75, 3.05) is 13.2 Å². The van der Waals surface area contributed by atoms with Gasteiger partial charge in [0, 0.05) is 24.7 Å². The van der Waals surface area contributed by atoms with Crippen molar-refractivity contribution in [3.05, 3.63) is 0 Å². The number of likely N-dealkylation sites (tertiary alicyclic amines) is 1. The molecule has 1 heterocycles. The van der Waals surface area contributed by atoms with Crippen LogP contribution in [0.25, 0.3) is 0 Å². The lowest BCUT2D eigenvalue weighted by Crippen LogP contribution is -2.50. The first-order valence-electron chi connectivity index (χ1n) is 6.79. The topological polar surface area (TPSA) is 52.6 Å². The Bertz CT molecular complexity index is 291. The maximum atomic E-state index is 12.3. The Hall–Kier alpha value is -0.610. The third kappa shape index (κ3) is 2.63. The number of aliphatic hydroxyl groups excluding tert-OH is 1. The van der Waals surface area contributed by atoms with Crippen molar-refractivity contribution < 1.29 is 9.90 Å². The molecule has 1 saturated heterocycles. The standard InChI is InChI=1S/C13H24N2O2/c1-3-13(2,7-9-16)15-8-6-11(12(15)17)14-10-4-5-10/h10-11,14,16H,3-9H2,1-2H3. The lowest BCUT2D eigenvalue weighted by Gasteiger charge is -2.38. The maximum Gasteiger partial charge on any atom is 0.240 e. The number of aliphatic hydroxyl groups is 1. The summed E-state index contributed by atoms with van der Waals surface area (Å²) in [7, 11) is 0. The highest BCUT2D eigenvalue weighted by Crippen LogP contribution is 2.30. The fraction of sp³-hybridized carbons (Fsp3) is 0.923. The van der Waals surface area contributed by atoms with Crippen LogP contribution in [0.2, 0.25) is 0 Å². The SMILES string of the molecule is CCC(C)(CCO)N1CCC(NC2CC2)C1=O. The summed E-state index contributed by atoms with van der Waals surface area (Å²) in [5.74, 6) is 0.231. The zero-order chi connectivity index (χ0) is 12.5. The molecule has 0 spiro atoms. The molecule has 0 radical (unpaired) electrons. The van der Waals surface area contributed by atoms with Gasteiger partial charge in [-0.1, -0.05) is 6.92 Å². The Labute approximate surface area is 103 Å². The summed E-state index contributed by atoms with van der Waals surface area (Å²) < 4.78 is 0. The molecule has 2 atom stereocenters. The van der Waals surface area contributed by atoms with Gasteiger partial charge in [-0.25, -0.2) is 0 Å². The minimum atomic E-state index is -0.175. The molecule has 2 unspecified atom stereocenters. The van der Waals surface area contributed by atoms with E-state index in [-0.39, 0.29) is 24.1 Å². The predicted molar refractivity (Wildman–Crippen MR) is 66.7 cm³/mol. The Morgan fingerprint density at radius 2 is 2.18 bits per heavy atom. The zero-order valence-electron chi connectivity index (χ0n) is 10.9. The van der Waals surface area contributed by atoms with Crippen molar-refractivity contribution in [3.63, 3.8) is 0 Å². The fourth-order valence-electron chi connectivity index (χ4n) is 2.65. The van der Waals surface area contributed by atoms with Gasteiger partial charge in [-0.05, 0) is 39.0 Å². The summed E-state index contributed by atoms with van der Waals surface area (Å²) in [6, 6.07) is 0.599. The third-order valence-electron chi connectivity index (χ3n) is 4.28. The molecule has 17 heavy (non-hydrogen) atoms. The summed E-state index contributed by atoms with van der Waals surface area (Å²) in [6.45, 7) is 5.15. The van der Waals surface area contributed by atoms with E-state index in [0.717, 1.165) is 19.4 Å². The van der Waals surface area contributed by atoms with E-state index in [0.29, 0.717) is 12.5 Å². The van der Waals surface area contributed by atoms with Crippen molar-refractivity contribution in [1.29, 1.82) is 0 Å². The van der Waals surface area contributed by atoms with Crippen LogP contribution in [0.4, 0.5) is 0 Å². The molecule has 4 heteroatoms. The highest BCUT2D eigenvalue weighted by Gasteiger charge is 2.42. The highest BCUT2D eigenvalue weighted by molar-refractivity contribution is 5.84. The van der Waals surface area contributed by atoms with Crippen LogP contribution in [0.5, 0.6) is 0 Å². The van der Waals surface area contributed by atoms with Gasteiger partial charge in [-0.2, -0.15) is 0 Å². The van der Waals surface area contributed by atoms with Gasteiger partial charge in [0.25, 0.3) is 0 Å². The maximum absolute atomic E-state index is 12.3. The lowest BCUT2D eigenvalue weighted by atomic mass is 9.93. The molecular formula is C13H24N2O2. The number of hydrogen-bond acceptors (Lipinski definition) is 3. The molecule has 0 bridgehead atoms. The van der Waals surface area contributed by atoms with Gasteiger partial charge in [0.05, 0.1) is 6.04 Å². The van der Waals surface area contributed by atoms with Crippen molar-refractivity contribution in [3.8, 4) is 0 Å². The van der Waals surface area contributed by atoms with Crippen LogP contribution in [-0.2, 0) is 4.79 Å². The van der Waals surface area contributed by atoms with Crippen LogP contribution in [0.15, 0.2) is 0 Å². The number of hydrogen-bond donors (Lipinski definition) is 2. The number of nitrogens with zero attached hydrogens (tertiary/aromatic N) is 1. The highest BCUT2D eigenvalue weighted by atomic mass is 16.3. The second-order valence-corrected chi connectivity index (χ2v) is 5.60. The molecule has 2 fully saturated rings. The van der Waals surface area contributed by atoms with E-state index < -0.39 is 0 Å². The van der Waals surface area contributed by atoms with Crippen LogP contribution in [0.1, 0.15) is 46.0 Å². The van der Waals surface area contributed by atoms with Crippen molar-refractivity contribution in [1.82, 2.24) is 10.2 Å². The first-order valence-corrected chi connectivity index (χ1v) is 6.79. The monoisotopic (exact) mass is 240 g/mol. The number of carbonyl (C=O) groups is 1. The summed E-state index contributed by atoms with van der Waals surface area (Å²) in [4.78, 5) is 14.3. The van der Waals surface area contributed by atoms with Crippen LogP contribution >= 0.6 is 0 Å². The molecule has 4 nitrogen and oxygen atoms in total. The summed E-state index contributed by atoms with van der Waals surface area (Å²) in [5.41, 5.74) is -0.175. The van der Waals surface area contributed by atoms with E-state index in [4.69, 9.17) is 5.11 Å². The molecule has 0 aromatic heterocycles. The van der Waals surface area contributed by atoms with E-state index in [1.807, 2.05) is 4.90 Å². The number of carbonyl (C=O) groups excluding carboxylic acids is 1.